The summed E-state index contributed by atoms with van der Waals surface area (Å²) in [5.41, 5.74) is 57.1. The van der Waals surface area contributed by atoms with Gasteiger partial charge in [-0.2, -0.15) is 0 Å². The van der Waals surface area contributed by atoms with Crippen molar-refractivity contribution in [2.24, 2.45) is 45.9 Å². The van der Waals surface area contributed by atoms with Gasteiger partial charge in [0.1, 0.15) is 31.6 Å². The van der Waals surface area contributed by atoms with Crippen molar-refractivity contribution in [2.45, 2.75) is 0 Å². The molecule has 0 aliphatic carbocycles. The first-order valence-electron chi connectivity index (χ1n) is 9.64. The predicted molar refractivity (Wildman–Crippen MR) is 135 cm³/mol. The van der Waals surface area contributed by atoms with Crippen molar-refractivity contribution < 1.29 is 158 Å². The van der Waals surface area contributed by atoms with Crippen LogP contribution >= 0.6 is 31.6 Å². The molecule has 0 aromatic carbocycles. The van der Waals surface area contributed by atoms with Gasteiger partial charge in [-0.15, -0.1) is 0 Å². The molecule has 0 fully saturated rings. The van der Waals surface area contributed by atoms with Crippen molar-refractivity contribution in [3.05, 3.63) is 0 Å². The summed E-state index contributed by atoms with van der Waals surface area (Å²) in [6, 6.07) is -4.67. The highest BCUT2D eigenvalue weighted by Gasteiger charge is 1.73. The number of hydrogen-bond acceptors (Lipinski definition) is 20. The molecule has 0 unspecified atom stereocenters. The van der Waals surface area contributed by atoms with Crippen molar-refractivity contribution in [3.63, 3.8) is 0 Å². The third-order valence-corrected chi connectivity index (χ3v) is 0. The van der Waals surface area contributed by atoms with Crippen LogP contribution < -0.4 is 131 Å². The lowest BCUT2D eigenvalue weighted by Gasteiger charge is -2.15. The van der Waals surface area contributed by atoms with Gasteiger partial charge in [-0.1, -0.05) is 0 Å². The molecule has 0 aromatic heterocycles. The van der Waals surface area contributed by atoms with E-state index in [1.807, 2.05) is 0 Å². The van der Waals surface area contributed by atoms with Crippen molar-refractivity contribution in [2.75, 3.05) is 0 Å². The number of carbonyl (C=O) groups is 8. The Hall–Kier alpha value is -4.24. The lowest BCUT2D eigenvalue weighted by molar-refractivity contribution is -0.330. The monoisotopic (exact) mass is 880 g/mol. The SMILES string of the molecule is NC([NH3+])=O.NC([NH3+])=O.NC([NH3+])=O.NC([NH3+])=O.NC([NH3+])=O.NC([NH3+])=O.NC([NH3+])=O.NC([NH3+])=O.O=P([O-])([O-])F.O=P([O-])([O-])F.O=P([O-])([O-])F.O=P([O-])([O-])F. The van der Waals surface area contributed by atoms with Gasteiger partial charge in [-0.3, -0.25) is 45.9 Å². The standard InChI is InChI=1S/8CH4N2O.4FH2O3P/c8*2-1(3)4;4*1-5(2,3)4/h8*(H4,2,3,4);4*(H2,2,3,4). The molecule has 40 N–H and O–H groups in total. The van der Waals surface area contributed by atoms with E-state index >= 15 is 0 Å². The van der Waals surface area contributed by atoms with Crippen molar-refractivity contribution in [3.8, 4) is 0 Å². The molecule has 0 radical (unpaired) electrons. The van der Waals surface area contributed by atoms with Crippen molar-refractivity contribution in [1.29, 1.82) is 0 Å². The maximum absolute atomic E-state index is 10.1. The number of amides is 16. The third kappa shape index (κ3) is 5100. The molecule has 36 nitrogen and oxygen atoms in total. The first kappa shape index (κ1) is 81.7. The second-order valence-electron chi connectivity index (χ2n) is 5.45. The average molecular weight is 880 g/mol. The minimum atomic E-state index is -5.64. The van der Waals surface area contributed by atoms with Crippen LogP contribution in [0.25, 0.3) is 0 Å². The molecule has 0 atom stereocenters. The first-order chi connectivity index (χ1) is 21.9. The molecule has 16 amide bonds. The van der Waals surface area contributed by atoms with Gasteiger partial charge >= 0.3 is 48.2 Å². The molecule has 0 heterocycles. The zero-order valence-corrected chi connectivity index (χ0v) is 29.3. The van der Waals surface area contributed by atoms with Gasteiger partial charge in [0.25, 0.3) is 0 Å². The quantitative estimate of drug-likeness (QED) is 0.0793. The Balaban J connectivity index is -0.0000000336. The van der Waals surface area contributed by atoms with Gasteiger partial charge in [0.2, 0.25) is 0 Å². The fraction of sp³-hybridized carbons (Fsp3) is 0. The highest BCUT2D eigenvalue weighted by molar-refractivity contribution is 7.43. The van der Waals surface area contributed by atoms with Crippen molar-refractivity contribution >= 4 is 79.9 Å². The van der Waals surface area contributed by atoms with Gasteiger partial charge in [-0.25, -0.2) is 55.1 Å². The Bertz CT molecular complexity index is 874. The van der Waals surface area contributed by atoms with Crippen LogP contribution in [0.2, 0.25) is 0 Å². The molecule has 0 aliphatic heterocycles. The molecule has 320 valence electrons. The fourth-order valence-corrected chi connectivity index (χ4v) is 0. The lowest BCUT2D eigenvalue weighted by Crippen LogP contribution is -2.60. The number of hydrogen-bond donors (Lipinski definition) is 16. The molecule has 44 heteroatoms. The van der Waals surface area contributed by atoms with E-state index in [4.69, 9.17) is 95.8 Å². The minimum absolute atomic E-state index is 0.583. The Labute approximate surface area is 284 Å². The number of primary amides is 8. The van der Waals surface area contributed by atoms with E-state index in [9.17, 15) is 16.8 Å². The van der Waals surface area contributed by atoms with Crippen LogP contribution in [0, 0.1) is 0 Å². The van der Waals surface area contributed by atoms with Gasteiger partial charge < -0.3 is 103 Å². The second kappa shape index (κ2) is 51.1. The Morgan fingerprint density at radius 1 is 0.288 bits per heavy atom. The largest absolute Gasteiger partial charge is 0.786 e. The zero-order valence-electron chi connectivity index (χ0n) is 25.7. The molecule has 0 aromatic rings. The molecule has 0 saturated heterocycles. The summed E-state index contributed by atoms with van der Waals surface area (Å²) in [5.74, 6) is 0. The van der Waals surface area contributed by atoms with E-state index < -0.39 is 79.9 Å². The number of urea groups is 8. The summed E-state index contributed by atoms with van der Waals surface area (Å²) in [5, 5.41) is 0. The number of halogens is 4. The highest BCUT2D eigenvalue weighted by Crippen LogP contribution is 2.23. The van der Waals surface area contributed by atoms with Crippen LogP contribution in [0.15, 0.2) is 0 Å². The summed E-state index contributed by atoms with van der Waals surface area (Å²) in [7, 11) is -22.6. The minimum Gasteiger partial charge on any atom is -0.786 e. The Kier molecular flexibility index (Phi) is 80.3. The maximum Gasteiger partial charge on any atom is 0.409 e. The van der Waals surface area contributed by atoms with Gasteiger partial charge in [0, 0.05) is 0 Å². The van der Waals surface area contributed by atoms with Crippen molar-refractivity contribution in [1.82, 2.24) is 0 Å². The van der Waals surface area contributed by atoms with E-state index in [-0.39, 0.29) is 0 Å². The van der Waals surface area contributed by atoms with Gasteiger partial charge in [-0.05, 0) is 0 Å². The van der Waals surface area contributed by atoms with Crippen LogP contribution in [0.4, 0.5) is 55.1 Å². The van der Waals surface area contributed by atoms with E-state index in [2.05, 4.69) is 91.7 Å². The lowest BCUT2D eigenvalue weighted by atomic mass is 11.2. The van der Waals surface area contributed by atoms with E-state index in [0.717, 1.165) is 0 Å². The summed E-state index contributed by atoms with van der Waals surface area (Å²) in [6.45, 7) is 0. The predicted octanol–water partition coefficient (Wildman–Crippen LogP) is -18.4. The summed E-state index contributed by atoms with van der Waals surface area (Å²) in [4.78, 5) is 140. The maximum atomic E-state index is 10.1. The molecule has 0 bridgehead atoms. The van der Waals surface area contributed by atoms with Crippen LogP contribution in [0.3, 0.4) is 0 Å². The smallest absolute Gasteiger partial charge is 0.409 e. The van der Waals surface area contributed by atoms with Gasteiger partial charge in [0.15, 0.2) is 0 Å². The van der Waals surface area contributed by atoms with Crippen LogP contribution in [0.1, 0.15) is 0 Å². The molecule has 52 heavy (non-hydrogen) atoms. The third-order valence-electron chi connectivity index (χ3n) is 0. The van der Waals surface area contributed by atoms with Crippen LogP contribution in [0.5, 0.6) is 0 Å². The molecule has 0 spiro atoms. The first-order valence-corrected chi connectivity index (χ1v) is 15.4. The molecule has 0 aliphatic rings. The topological polar surface area (TPSA) is 819 Å². The summed E-state index contributed by atoms with van der Waals surface area (Å²) in [6.07, 6.45) is 0. The summed E-state index contributed by atoms with van der Waals surface area (Å²) < 4.78 is 74.3. The van der Waals surface area contributed by atoms with Crippen LogP contribution in [-0.4, -0.2) is 48.2 Å². The normalized spacial score (nSPS) is 8.38. The number of quaternary nitrogens is 8. The second-order valence-corrected chi connectivity index (χ2v) is 8.90. The van der Waals surface area contributed by atoms with Crippen LogP contribution in [-0.2, 0) is 18.3 Å². The zero-order chi connectivity index (χ0) is 46.6. The molecular weight excluding hydrogens is 840 g/mol. The summed E-state index contributed by atoms with van der Waals surface area (Å²) >= 11 is 0. The Morgan fingerprint density at radius 3 is 0.288 bits per heavy atom. The van der Waals surface area contributed by atoms with E-state index in [1.165, 1.54) is 0 Å². The van der Waals surface area contributed by atoms with E-state index in [1.54, 1.807) is 0 Å². The number of carbonyl (C=O) groups excluding carboxylic acids is 8. The van der Waals surface area contributed by atoms with Gasteiger partial charge in [0.05, 0.1) is 0 Å². The Morgan fingerprint density at radius 2 is 0.288 bits per heavy atom. The molecule has 0 rings (SSSR count). The van der Waals surface area contributed by atoms with E-state index in [0.29, 0.717) is 0 Å². The number of rotatable bonds is 0. The fourth-order valence-electron chi connectivity index (χ4n) is 0. The number of nitrogens with two attached hydrogens (primary N) is 8. The molecular formula is C8H40F4N16O20P4. The average Bonchev–Trinajstić information content (AvgIpc) is 2.57. The molecule has 0 saturated carbocycles. The highest BCUT2D eigenvalue weighted by atomic mass is 31.2.